The first-order valence-electron chi connectivity index (χ1n) is 23.8. The van der Waals surface area contributed by atoms with Crippen molar-refractivity contribution < 1.29 is 46.2 Å². The van der Waals surface area contributed by atoms with Gasteiger partial charge in [-0.15, -0.1) is 0 Å². The number of rotatable bonds is 18. The maximum Gasteiger partial charge on any atom is 0.298 e. The Hall–Kier alpha value is -8.77. The fourth-order valence-electron chi connectivity index (χ4n) is 8.67. The summed E-state index contributed by atoms with van der Waals surface area (Å²) in [6.07, 6.45) is 0. The Kier molecular flexibility index (Phi) is 14.6. The lowest BCUT2D eigenvalue weighted by Crippen LogP contribution is -2.18. The van der Waals surface area contributed by atoms with E-state index in [0.717, 1.165) is 39.6 Å². The Balaban J connectivity index is 0.827. The fraction of sp³-hybridized carbons (Fsp3) is 0.111. The first-order valence-corrected chi connectivity index (χ1v) is 25.2. The Bertz CT molecular complexity index is 3520. The molecule has 0 saturated carbocycles. The van der Waals surface area contributed by atoms with Crippen LogP contribution in [0.2, 0.25) is 0 Å². The molecule has 9 aromatic carbocycles. The van der Waals surface area contributed by atoms with Crippen LogP contribution < -0.4 is 23.7 Å². The van der Waals surface area contributed by atoms with Gasteiger partial charge in [-0.05, 0) is 174 Å². The van der Waals surface area contributed by atoms with E-state index in [-0.39, 0.29) is 28.6 Å². The van der Waals surface area contributed by atoms with Crippen molar-refractivity contribution >= 4 is 21.7 Å². The summed E-state index contributed by atoms with van der Waals surface area (Å²) in [5, 5.41) is 0. The number of aryl methyl sites for hydroxylation is 1. The van der Waals surface area contributed by atoms with Crippen LogP contribution in [0.1, 0.15) is 85.0 Å². The van der Waals surface area contributed by atoms with E-state index in [4.69, 9.17) is 23.7 Å². The molecule has 0 bridgehead atoms. The number of benzene rings is 9. The minimum absolute atomic E-state index is 0.0158. The highest BCUT2D eigenvalue weighted by Crippen LogP contribution is 2.38. The number of hydrogen-bond donors (Lipinski definition) is 1. The third-order valence-electron chi connectivity index (χ3n) is 13.0. The normalized spacial score (nSPS) is 11.8. The zero-order valence-corrected chi connectivity index (χ0v) is 42.1. The van der Waals surface area contributed by atoms with Gasteiger partial charge in [0.15, 0.2) is 11.6 Å². The van der Waals surface area contributed by atoms with Crippen molar-refractivity contribution in [2.24, 2.45) is 0 Å². The third-order valence-corrected chi connectivity index (χ3v) is 13.9. The Morgan fingerprint density at radius 1 is 0.419 bits per heavy atom. The van der Waals surface area contributed by atoms with Gasteiger partial charge in [0.05, 0.1) is 14.2 Å². The summed E-state index contributed by atoms with van der Waals surface area (Å²) in [5.74, 6) is 3.38. The molecule has 0 heterocycles. The molecule has 0 radical (unpaired) electrons. The summed E-state index contributed by atoms with van der Waals surface area (Å²) < 4.78 is 64.6. The molecule has 0 aliphatic carbocycles. The minimum atomic E-state index is -4.82. The van der Waals surface area contributed by atoms with Crippen LogP contribution in [-0.4, -0.2) is 38.8 Å². The van der Waals surface area contributed by atoms with E-state index in [1.54, 1.807) is 99.1 Å². The zero-order chi connectivity index (χ0) is 52.0. The van der Waals surface area contributed by atoms with Gasteiger partial charge >= 0.3 is 0 Å². The van der Waals surface area contributed by atoms with Crippen LogP contribution >= 0.6 is 0 Å². The lowest BCUT2D eigenvalue weighted by Gasteiger charge is -2.26. The molecule has 370 valence electrons. The van der Waals surface area contributed by atoms with Gasteiger partial charge in [0.1, 0.15) is 50.9 Å². The Morgan fingerprint density at radius 2 is 0.730 bits per heavy atom. The van der Waals surface area contributed by atoms with E-state index >= 15 is 0 Å². The predicted octanol–water partition coefficient (Wildman–Crippen LogP) is 14.6. The third kappa shape index (κ3) is 11.5. The first kappa shape index (κ1) is 50.2. The van der Waals surface area contributed by atoms with Crippen LogP contribution in [0.25, 0.3) is 0 Å². The number of ketones is 2. The quantitative estimate of drug-likeness (QED) is 0.0503. The van der Waals surface area contributed by atoms with E-state index in [9.17, 15) is 22.6 Å². The molecule has 1 unspecified atom stereocenters. The van der Waals surface area contributed by atoms with Gasteiger partial charge in [0.25, 0.3) is 10.1 Å². The summed E-state index contributed by atoms with van der Waals surface area (Å²) in [5.41, 5.74) is 7.47. The lowest BCUT2D eigenvalue weighted by atomic mass is 9.78. The molecule has 0 aliphatic heterocycles. The molecule has 11 heteroatoms. The number of carbonyl (C=O) groups excluding carboxylic acids is 2. The van der Waals surface area contributed by atoms with Crippen molar-refractivity contribution in [3.8, 4) is 46.0 Å². The molecule has 74 heavy (non-hydrogen) atoms. The van der Waals surface area contributed by atoms with Crippen LogP contribution in [0.3, 0.4) is 0 Å². The number of hydrogen-bond acceptors (Lipinski definition) is 9. The van der Waals surface area contributed by atoms with E-state index in [1.165, 1.54) is 17.7 Å². The molecule has 0 amide bonds. The highest BCUT2D eigenvalue weighted by molar-refractivity contribution is 7.86. The number of carbonyl (C=O) groups is 2. The smallest absolute Gasteiger partial charge is 0.298 e. The summed E-state index contributed by atoms with van der Waals surface area (Å²) in [4.78, 5) is 26.1. The van der Waals surface area contributed by atoms with Gasteiger partial charge in [-0.3, -0.25) is 14.1 Å². The average molecular weight is 1000 g/mol. The molecule has 0 aliphatic rings. The summed E-state index contributed by atoms with van der Waals surface area (Å²) >= 11 is 0. The van der Waals surface area contributed by atoms with Gasteiger partial charge in [-0.2, -0.15) is 8.42 Å². The predicted molar refractivity (Wildman–Crippen MR) is 286 cm³/mol. The topological polar surface area (TPSA) is 135 Å². The fourth-order valence-corrected chi connectivity index (χ4v) is 9.31. The van der Waals surface area contributed by atoms with Crippen LogP contribution in [0, 0.1) is 6.92 Å². The maximum absolute atomic E-state index is 13.7. The van der Waals surface area contributed by atoms with Gasteiger partial charge in [-0.1, -0.05) is 92.2 Å². The molecule has 9 rings (SSSR count). The second-order valence-corrected chi connectivity index (χ2v) is 19.6. The molecule has 1 atom stereocenters. The molecule has 0 saturated heterocycles. The summed E-state index contributed by atoms with van der Waals surface area (Å²) in [6.45, 7) is 6.23. The molecule has 9 aromatic rings. The van der Waals surface area contributed by atoms with Gasteiger partial charge in [0.2, 0.25) is 0 Å². The van der Waals surface area contributed by atoms with E-state index in [2.05, 4.69) is 57.2 Å². The highest BCUT2D eigenvalue weighted by Gasteiger charge is 2.25. The molecular formula is C63H52O10S. The van der Waals surface area contributed by atoms with E-state index in [0.29, 0.717) is 45.6 Å². The SMILES string of the molecule is COc1ccc(C(=O)c2ccc(Oc3ccc(C(C)(C)c4ccc(Oc5ccc(C(=O)c6ccc(Oc7ccc(C(c8ccc(C)cc8)c8ccc(OC)cc8)cc7)cc6)cc5S(=O)(=O)O)cc4)cc3)cc2)cc1. The minimum Gasteiger partial charge on any atom is -0.497 e. The highest BCUT2D eigenvalue weighted by atomic mass is 32.2. The van der Waals surface area contributed by atoms with E-state index in [1.807, 2.05) is 72.8 Å². The molecular weight excluding hydrogens is 949 g/mol. The number of ether oxygens (including phenoxy) is 5. The van der Waals surface area contributed by atoms with Crippen LogP contribution in [0.5, 0.6) is 46.0 Å². The Labute approximate surface area is 431 Å². The van der Waals surface area contributed by atoms with Crippen molar-refractivity contribution in [3.05, 3.63) is 268 Å². The average Bonchev–Trinajstić information content (AvgIpc) is 3.42. The molecule has 0 fully saturated rings. The monoisotopic (exact) mass is 1000 g/mol. The molecule has 0 spiro atoms. The van der Waals surface area contributed by atoms with Gasteiger partial charge in [0, 0.05) is 33.6 Å². The standard InChI is InChI=1S/C63H52O10S/c1-41-6-8-42(9-7-41)60(43-10-25-51(69-4)26-11-43)44-12-29-53(30-13-44)71-54-33-18-47(19-34-54)62(65)48-20-39-58(59(40-48)74(66,67)68)73-57-37-23-50(24-38-57)63(2,3)49-21-35-56(36-22-49)72-55-31-16-46(17-32-55)61(64)45-14-27-52(70-5)28-15-45/h6-40,60H,1-5H3,(H,66,67,68). The second kappa shape index (κ2) is 21.5. The largest absolute Gasteiger partial charge is 0.497 e. The molecule has 10 nitrogen and oxygen atoms in total. The molecule has 1 N–H and O–H groups in total. The van der Waals surface area contributed by atoms with Crippen LogP contribution in [0.4, 0.5) is 0 Å². The Morgan fingerprint density at radius 3 is 1.12 bits per heavy atom. The van der Waals surface area contributed by atoms with Crippen molar-refractivity contribution in [2.75, 3.05) is 14.2 Å². The molecule has 0 aromatic heterocycles. The van der Waals surface area contributed by atoms with Gasteiger partial charge in [-0.25, -0.2) is 0 Å². The summed E-state index contributed by atoms with van der Waals surface area (Å²) in [7, 11) is -1.59. The van der Waals surface area contributed by atoms with Crippen molar-refractivity contribution in [2.45, 2.75) is 37.0 Å². The maximum atomic E-state index is 13.7. The van der Waals surface area contributed by atoms with Crippen LogP contribution in [-0.2, 0) is 15.5 Å². The second-order valence-electron chi connectivity index (χ2n) is 18.2. The first-order chi connectivity index (χ1) is 35.6. The lowest BCUT2D eigenvalue weighted by molar-refractivity contribution is 0.103. The van der Waals surface area contributed by atoms with Crippen molar-refractivity contribution in [1.82, 2.24) is 0 Å². The van der Waals surface area contributed by atoms with Gasteiger partial charge < -0.3 is 23.7 Å². The van der Waals surface area contributed by atoms with Crippen LogP contribution in [0.15, 0.2) is 217 Å². The van der Waals surface area contributed by atoms with Crippen molar-refractivity contribution in [3.63, 3.8) is 0 Å². The zero-order valence-electron chi connectivity index (χ0n) is 41.3. The summed E-state index contributed by atoms with van der Waals surface area (Å²) in [6, 6.07) is 63.8. The van der Waals surface area contributed by atoms with Crippen molar-refractivity contribution in [1.29, 1.82) is 0 Å². The number of methoxy groups -OCH3 is 2. The van der Waals surface area contributed by atoms with E-state index < -0.39 is 26.2 Å².